The molecule has 5 heteroatoms. The average Bonchev–Trinajstić information content (AvgIpc) is 2.86. The number of para-hydroxylation sites is 1. The van der Waals surface area contributed by atoms with E-state index in [1.54, 1.807) is 24.3 Å². The molecule has 1 aromatic heterocycles. The molecule has 1 heterocycles. The number of carbonyl (C=O) groups is 1. The zero-order valence-electron chi connectivity index (χ0n) is 10.3. The van der Waals surface area contributed by atoms with Crippen LogP contribution in [0.3, 0.4) is 0 Å². The lowest BCUT2D eigenvalue weighted by molar-refractivity contribution is 0.102. The molecule has 0 atom stereocenters. The van der Waals surface area contributed by atoms with Crippen LogP contribution in [0.4, 0.5) is 10.1 Å². The van der Waals surface area contributed by atoms with Gasteiger partial charge >= 0.3 is 0 Å². The standard InChI is InChI=1S/C15H10FNO3/c16-12-7-9(18)5-6-13(12)17-15(19)11-8-20-14-4-2-1-3-10(11)14/h1-8,18H,(H,17,19). The molecule has 2 N–H and O–H groups in total. The molecule has 0 fully saturated rings. The van der Waals surface area contributed by atoms with Gasteiger partial charge in [-0.25, -0.2) is 4.39 Å². The number of hydrogen-bond acceptors (Lipinski definition) is 3. The lowest BCUT2D eigenvalue weighted by Crippen LogP contribution is -2.12. The van der Waals surface area contributed by atoms with E-state index in [1.165, 1.54) is 18.4 Å². The number of carbonyl (C=O) groups excluding carboxylic acids is 1. The van der Waals surface area contributed by atoms with Crippen LogP contribution in [0.25, 0.3) is 11.0 Å². The maximum Gasteiger partial charge on any atom is 0.259 e. The van der Waals surface area contributed by atoms with Gasteiger partial charge in [0.2, 0.25) is 0 Å². The van der Waals surface area contributed by atoms with Gasteiger partial charge in [-0.1, -0.05) is 18.2 Å². The molecular formula is C15H10FNO3. The summed E-state index contributed by atoms with van der Waals surface area (Å²) < 4.78 is 18.8. The van der Waals surface area contributed by atoms with Crippen molar-refractivity contribution in [1.29, 1.82) is 0 Å². The maximum absolute atomic E-state index is 13.6. The fourth-order valence-electron chi connectivity index (χ4n) is 1.95. The van der Waals surface area contributed by atoms with E-state index >= 15 is 0 Å². The number of anilines is 1. The first-order valence-corrected chi connectivity index (χ1v) is 5.91. The smallest absolute Gasteiger partial charge is 0.259 e. The second kappa shape index (κ2) is 4.70. The predicted molar refractivity (Wildman–Crippen MR) is 72.2 cm³/mol. The molecule has 0 aliphatic carbocycles. The largest absolute Gasteiger partial charge is 0.508 e. The fraction of sp³-hybridized carbons (Fsp3) is 0. The minimum absolute atomic E-state index is 0.00178. The van der Waals surface area contributed by atoms with E-state index < -0.39 is 11.7 Å². The zero-order chi connectivity index (χ0) is 14.1. The van der Waals surface area contributed by atoms with E-state index in [2.05, 4.69) is 5.32 Å². The predicted octanol–water partition coefficient (Wildman–Crippen LogP) is 3.53. The van der Waals surface area contributed by atoms with Crippen LogP contribution in [0.1, 0.15) is 10.4 Å². The minimum Gasteiger partial charge on any atom is -0.508 e. The van der Waals surface area contributed by atoms with Crippen molar-refractivity contribution in [2.75, 3.05) is 5.32 Å². The summed E-state index contributed by atoms with van der Waals surface area (Å²) in [4.78, 5) is 12.1. The quantitative estimate of drug-likeness (QED) is 0.701. The van der Waals surface area contributed by atoms with Gasteiger partial charge < -0.3 is 14.8 Å². The highest BCUT2D eigenvalue weighted by Gasteiger charge is 2.15. The molecule has 0 radical (unpaired) electrons. The first-order valence-electron chi connectivity index (χ1n) is 5.91. The van der Waals surface area contributed by atoms with Crippen molar-refractivity contribution in [3.05, 3.63) is 60.1 Å². The molecule has 3 rings (SSSR count). The van der Waals surface area contributed by atoms with E-state index in [1.807, 2.05) is 0 Å². The van der Waals surface area contributed by atoms with Crippen molar-refractivity contribution in [2.24, 2.45) is 0 Å². The van der Waals surface area contributed by atoms with Gasteiger partial charge in [0.05, 0.1) is 11.3 Å². The van der Waals surface area contributed by atoms with Crippen LogP contribution in [0.2, 0.25) is 0 Å². The summed E-state index contributed by atoms with van der Waals surface area (Å²) in [7, 11) is 0. The van der Waals surface area contributed by atoms with E-state index in [9.17, 15) is 9.18 Å². The first-order chi connectivity index (χ1) is 9.65. The molecule has 0 bridgehead atoms. The number of hydrogen-bond donors (Lipinski definition) is 2. The summed E-state index contributed by atoms with van der Waals surface area (Å²) >= 11 is 0. The third-order valence-electron chi connectivity index (χ3n) is 2.93. The second-order valence-electron chi connectivity index (χ2n) is 4.26. The fourth-order valence-corrected chi connectivity index (χ4v) is 1.95. The Hall–Kier alpha value is -2.82. The lowest BCUT2D eigenvalue weighted by atomic mass is 10.1. The number of phenolic OH excluding ortho intramolecular Hbond substituents is 1. The van der Waals surface area contributed by atoms with Crippen molar-refractivity contribution in [3.8, 4) is 5.75 Å². The molecule has 3 aromatic rings. The molecule has 0 saturated carbocycles. The zero-order valence-corrected chi connectivity index (χ0v) is 10.3. The molecule has 4 nitrogen and oxygen atoms in total. The first kappa shape index (κ1) is 12.2. The van der Waals surface area contributed by atoms with Crippen LogP contribution in [0, 0.1) is 5.82 Å². The Kier molecular flexibility index (Phi) is 2.87. The van der Waals surface area contributed by atoms with Crippen molar-refractivity contribution >= 4 is 22.6 Å². The van der Waals surface area contributed by atoms with Crippen molar-refractivity contribution in [1.82, 2.24) is 0 Å². The third-order valence-corrected chi connectivity index (χ3v) is 2.93. The highest BCUT2D eigenvalue weighted by Crippen LogP contribution is 2.24. The maximum atomic E-state index is 13.6. The highest BCUT2D eigenvalue weighted by molar-refractivity contribution is 6.12. The van der Waals surface area contributed by atoms with Gasteiger partial charge in [-0.3, -0.25) is 4.79 Å². The molecule has 20 heavy (non-hydrogen) atoms. The van der Waals surface area contributed by atoms with Gasteiger partial charge in [-0.15, -0.1) is 0 Å². The number of phenols is 1. The Labute approximate surface area is 113 Å². The number of aromatic hydroxyl groups is 1. The molecule has 0 saturated heterocycles. The van der Waals surface area contributed by atoms with Gasteiger partial charge in [0.15, 0.2) is 0 Å². The molecule has 0 aliphatic rings. The number of benzene rings is 2. The number of furan rings is 1. The van der Waals surface area contributed by atoms with E-state index in [0.717, 1.165) is 6.07 Å². The molecule has 0 spiro atoms. The van der Waals surface area contributed by atoms with Crippen LogP contribution < -0.4 is 5.32 Å². The molecule has 0 unspecified atom stereocenters. The van der Waals surface area contributed by atoms with Crippen LogP contribution in [0.15, 0.2) is 53.1 Å². The van der Waals surface area contributed by atoms with E-state index in [4.69, 9.17) is 9.52 Å². The van der Waals surface area contributed by atoms with E-state index in [0.29, 0.717) is 16.5 Å². The summed E-state index contributed by atoms with van der Waals surface area (Å²) in [6, 6.07) is 10.6. The third kappa shape index (κ3) is 2.09. The van der Waals surface area contributed by atoms with Gasteiger partial charge in [-0.05, 0) is 18.2 Å². The molecule has 0 aliphatic heterocycles. The SMILES string of the molecule is O=C(Nc1ccc(O)cc1F)c1coc2ccccc12. The number of fused-ring (bicyclic) bond motifs is 1. The number of amides is 1. The van der Waals surface area contributed by atoms with Crippen molar-refractivity contribution < 1.29 is 18.7 Å². The van der Waals surface area contributed by atoms with Crippen molar-refractivity contribution in [2.45, 2.75) is 0 Å². The lowest BCUT2D eigenvalue weighted by Gasteiger charge is -2.05. The summed E-state index contributed by atoms with van der Waals surface area (Å²) in [5, 5.41) is 12.2. The van der Waals surface area contributed by atoms with Crippen LogP contribution in [-0.2, 0) is 0 Å². The van der Waals surface area contributed by atoms with Gasteiger partial charge in [0.25, 0.3) is 5.91 Å². The summed E-state index contributed by atoms with van der Waals surface area (Å²) in [5.74, 6) is -1.38. The number of halogens is 1. The Morgan fingerprint density at radius 3 is 2.80 bits per heavy atom. The second-order valence-corrected chi connectivity index (χ2v) is 4.26. The van der Waals surface area contributed by atoms with E-state index in [-0.39, 0.29) is 11.4 Å². The normalized spacial score (nSPS) is 10.7. The molecule has 100 valence electrons. The molecule has 1 amide bonds. The Bertz CT molecular complexity index is 795. The van der Waals surface area contributed by atoms with Gasteiger partial charge in [-0.2, -0.15) is 0 Å². The Morgan fingerprint density at radius 1 is 1.20 bits per heavy atom. The van der Waals surface area contributed by atoms with Crippen LogP contribution in [0.5, 0.6) is 5.75 Å². The monoisotopic (exact) mass is 271 g/mol. The topological polar surface area (TPSA) is 62.5 Å². The Balaban J connectivity index is 1.93. The van der Waals surface area contributed by atoms with Gasteiger partial charge in [0, 0.05) is 11.5 Å². The molecular weight excluding hydrogens is 261 g/mol. The number of rotatable bonds is 2. The molecule has 2 aromatic carbocycles. The van der Waals surface area contributed by atoms with Crippen molar-refractivity contribution in [3.63, 3.8) is 0 Å². The Morgan fingerprint density at radius 2 is 2.00 bits per heavy atom. The summed E-state index contributed by atoms with van der Waals surface area (Å²) in [5.41, 5.74) is 0.912. The minimum atomic E-state index is -0.703. The highest BCUT2D eigenvalue weighted by atomic mass is 19.1. The summed E-state index contributed by atoms with van der Waals surface area (Å²) in [6.07, 6.45) is 1.33. The summed E-state index contributed by atoms with van der Waals surface area (Å²) in [6.45, 7) is 0. The number of nitrogens with one attached hydrogen (secondary N) is 1. The van der Waals surface area contributed by atoms with Gasteiger partial charge in [0.1, 0.15) is 23.4 Å². The average molecular weight is 271 g/mol. The van der Waals surface area contributed by atoms with Crippen LogP contribution in [-0.4, -0.2) is 11.0 Å². The van der Waals surface area contributed by atoms with Crippen LogP contribution >= 0.6 is 0 Å².